The predicted molar refractivity (Wildman–Crippen MR) is 101 cm³/mol. The van der Waals surface area contributed by atoms with Crippen LogP contribution >= 0.6 is 0 Å². The van der Waals surface area contributed by atoms with Crippen LogP contribution in [0.1, 0.15) is 17.7 Å². The summed E-state index contributed by atoms with van der Waals surface area (Å²) in [6, 6.07) is 4.54. The van der Waals surface area contributed by atoms with Gasteiger partial charge in [-0.1, -0.05) is 12.1 Å². The Bertz CT molecular complexity index is 1040. The zero-order valence-electron chi connectivity index (χ0n) is 16.0. The lowest BCUT2D eigenvalue weighted by Gasteiger charge is -2.44. The molecule has 1 aliphatic heterocycles. The molecule has 152 valence electrons. The lowest BCUT2D eigenvalue weighted by molar-refractivity contribution is -0.194. The molecule has 1 aliphatic rings. The lowest BCUT2D eigenvalue weighted by atomic mass is 9.81. The molecule has 0 spiro atoms. The molecule has 9 heteroatoms. The molecule has 0 saturated carbocycles. The molecule has 0 amide bonds. The van der Waals surface area contributed by atoms with E-state index < -0.39 is 23.9 Å². The maximum Gasteiger partial charge on any atom is 0.297 e. The van der Waals surface area contributed by atoms with Crippen LogP contribution in [0.4, 0.5) is 19.0 Å². The summed E-state index contributed by atoms with van der Waals surface area (Å²) in [7, 11) is 1.79. The lowest BCUT2D eigenvalue weighted by Crippen LogP contribution is -2.58. The second-order valence-corrected chi connectivity index (χ2v) is 7.31. The van der Waals surface area contributed by atoms with Crippen LogP contribution in [0, 0.1) is 12.7 Å². The van der Waals surface area contributed by atoms with Crippen LogP contribution in [-0.4, -0.2) is 43.9 Å². The maximum atomic E-state index is 15.0. The second-order valence-electron chi connectivity index (χ2n) is 7.31. The molecule has 6 nitrogen and oxygen atoms in total. The van der Waals surface area contributed by atoms with E-state index in [1.54, 1.807) is 24.1 Å². The van der Waals surface area contributed by atoms with Gasteiger partial charge < -0.3 is 10.0 Å². The molecule has 0 radical (unpaired) electrons. The number of hydrogen-bond donors (Lipinski definition) is 1. The van der Waals surface area contributed by atoms with Gasteiger partial charge in [-0.25, -0.2) is 18.2 Å². The van der Waals surface area contributed by atoms with Crippen LogP contribution in [-0.2, 0) is 12.6 Å². The minimum Gasteiger partial charge on any atom is -0.379 e. The van der Waals surface area contributed by atoms with Gasteiger partial charge >= 0.3 is 0 Å². The van der Waals surface area contributed by atoms with Crippen molar-refractivity contribution >= 4 is 5.82 Å². The Morgan fingerprint density at radius 2 is 1.86 bits per heavy atom. The first-order valence-corrected chi connectivity index (χ1v) is 9.13. The monoisotopic (exact) mass is 403 g/mol. The Morgan fingerprint density at radius 3 is 2.48 bits per heavy atom. The molecular formula is C20H20F3N5O. The molecular weight excluding hydrogens is 383 g/mol. The molecule has 1 atom stereocenters. The fourth-order valence-corrected chi connectivity index (χ4v) is 3.69. The number of aromatic nitrogens is 4. The number of nitrogens with zero attached hydrogens (tertiary/aromatic N) is 5. The molecule has 3 aromatic rings. The highest BCUT2D eigenvalue weighted by Gasteiger charge is 2.57. The number of hydrogen-bond acceptors (Lipinski definition) is 5. The number of benzene rings is 1. The molecule has 3 heterocycles. The van der Waals surface area contributed by atoms with Crippen molar-refractivity contribution in [2.75, 3.05) is 18.0 Å². The van der Waals surface area contributed by atoms with Crippen molar-refractivity contribution in [3.8, 4) is 11.3 Å². The number of halogens is 3. The highest BCUT2D eigenvalue weighted by Crippen LogP contribution is 2.44. The third-order valence-corrected chi connectivity index (χ3v) is 5.30. The molecule has 29 heavy (non-hydrogen) atoms. The van der Waals surface area contributed by atoms with Crippen LogP contribution < -0.4 is 4.90 Å². The first kappa shape index (κ1) is 19.4. The molecule has 1 N–H and O–H groups in total. The molecule has 1 unspecified atom stereocenters. The Morgan fingerprint density at radius 1 is 1.14 bits per heavy atom. The number of aliphatic hydroxyl groups is 1. The molecule has 1 aromatic carbocycles. The predicted octanol–water partition coefficient (Wildman–Crippen LogP) is 3.06. The van der Waals surface area contributed by atoms with E-state index in [1.807, 2.05) is 6.92 Å². The number of piperidine rings is 1. The normalized spacial score (nSPS) is 21.4. The van der Waals surface area contributed by atoms with Crippen LogP contribution in [0.2, 0.25) is 0 Å². The summed E-state index contributed by atoms with van der Waals surface area (Å²) >= 11 is 0. The molecule has 4 rings (SSSR count). The zero-order valence-corrected chi connectivity index (χ0v) is 16.0. The van der Waals surface area contributed by atoms with E-state index in [1.165, 1.54) is 23.2 Å². The smallest absolute Gasteiger partial charge is 0.297 e. The number of alkyl halides is 2. The Balaban J connectivity index is 1.62. The van der Waals surface area contributed by atoms with Crippen LogP contribution in [0.15, 0.2) is 42.9 Å². The van der Waals surface area contributed by atoms with Gasteiger partial charge in [0, 0.05) is 31.8 Å². The Labute approximate surface area is 165 Å². The van der Waals surface area contributed by atoms with Gasteiger partial charge in [0.25, 0.3) is 5.92 Å². The minimum absolute atomic E-state index is 0.00521. The summed E-state index contributed by atoms with van der Waals surface area (Å²) in [5.74, 6) is -3.71. The average molecular weight is 403 g/mol. The maximum absolute atomic E-state index is 15.0. The third kappa shape index (κ3) is 3.35. The van der Waals surface area contributed by atoms with Gasteiger partial charge in [0.15, 0.2) is 5.60 Å². The van der Waals surface area contributed by atoms with Gasteiger partial charge in [-0.3, -0.25) is 9.67 Å². The standard InChI is InChI=1S/C20H20F3N5O/c1-13-16(11-27(2)26-13)17-9-24-10-18(25-17)28-8-7-19(29,20(22,23)12-28)14-3-5-15(21)6-4-14/h3-6,9-11,29H,7-8,12H2,1-2H3. The van der Waals surface area contributed by atoms with E-state index in [2.05, 4.69) is 15.1 Å². The van der Waals surface area contributed by atoms with Crippen LogP contribution in [0.25, 0.3) is 11.3 Å². The molecule has 0 bridgehead atoms. The third-order valence-electron chi connectivity index (χ3n) is 5.30. The van der Waals surface area contributed by atoms with Gasteiger partial charge in [0.05, 0.1) is 30.3 Å². The summed E-state index contributed by atoms with van der Waals surface area (Å²) in [5.41, 5.74) is -0.311. The van der Waals surface area contributed by atoms with Crippen LogP contribution in [0.5, 0.6) is 0 Å². The largest absolute Gasteiger partial charge is 0.379 e. The van der Waals surface area contributed by atoms with Crippen molar-refractivity contribution in [1.29, 1.82) is 0 Å². The topological polar surface area (TPSA) is 67.1 Å². The van der Waals surface area contributed by atoms with Crippen molar-refractivity contribution in [1.82, 2.24) is 19.7 Å². The molecule has 2 aromatic heterocycles. The van der Waals surface area contributed by atoms with E-state index in [4.69, 9.17) is 0 Å². The van der Waals surface area contributed by atoms with E-state index in [9.17, 15) is 9.50 Å². The van der Waals surface area contributed by atoms with Crippen molar-refractivity contribution in [2.24, 2.45) is 7.05 Å². The quantitative estimate of drug-likeness (QED) is 0.728. The number of rotatable bonds is 3. The van der Waals surface area contributed by atoms with Crippen molar-refractivity contribution in [3.05, 3.63) is 59.9 Å². The van der Waals surface area contributed by atoms with Crippen molar-refractivity contribution in [3.63, 3.8) is 0 Å². The van der Waals surface area contributed by atoms with Gasteiger partial charge in [0.2, 0.25) is 0 Å². The number of aryl methyl sites for hydroxylation is 2. The zero-order chi connectivity index (χ0) is 20.8. The summed E-state index contributed by atoms with van der Waals surface area (Å²) in [6.07, 6.45) is 4.54. The fraction of sp³-hybridized carbons (Fsp3) is 0.350. The summed E-state index contributed by atoms with van der Waals surface area (Å²) in [6.45, 7) is 1.25. The van der Waals surface area contributed by atoms with E-state index in [0.29, 0.717) is 11.5 Å². The van der Waals surface area contributed by atoms with E-state index >= 15 is 8.78 Å². The number of anilines is 1. The average Bonchev–Trinajstić information content (AvgIpc) is 3.02. The Hall–Kier alpha value is -2.94. The minimum atomic E-state index is -3.47. The first-order chi connectivity index (χ1) is 13.7. The summed E-state index contributed by atoms with van der Waals surface area (Å²) < 4.78 is 44.9. The fourth-order valence-electron chi connectivity index (χ4n) is 3.69. The Kier molecular flexibility index (Phi) is 4.57. The van der Waals surface area contributed by atoms with E-state index in [0.717, 1.165) is 23.4 Å². The van der Waals surface area contributed by atoms with Gasteiger partial charge in [-0.05, 0) is 24.6 Å². The summed E-state index contributed by atoms with van der Waals surface area (Å²) in [4.78, 5) is 10.0. The van der Waals surface area contributed by atoms with Gasteiger partial charge in [-0.2, -0.15) is 5.10 Å². The SMILES string of the molecule is Cc1nn(C)cc1-c1cncc(N2CCC(O)(c3ccc(F)cc3)C(F)(F)C2)n1. The molecule has 0 aliphatic carbocycles. The molecule has 1 fully saturated rings. The molecule has 1 saturated heterocycles. The first-order valence-electron chi connectivity index (χ1n) is 9.13. The highest BCUT2D eigenvalue weighted by atomic mass is 19.3. The van der Waals surface area contributed by atoms with Crippen LogP contribution in [0.3, 0.4) is 0 Å². The van der Waals surface area contributed by atoms with E-state index in [-0.39, 0.29) is 18.5 Å². The van der Waals surface area contributed by atoms with Gasteiger partial charge in [-0.15, -0.1) is 0 Å². The van der Waals surface area contributed by atoms with Crippen molar-refractivity contribution in [2.45, 2.75) is 24.9 Å². The summed E-state index contributed by atoms with van der Waals surface area (Å²) in [5, 5.41) is 15.0. The second kappa shape index (κ2) is 6.84. The highest BCUT2D eigenvalue weighted by molar-refractivity contribution is 5.62. The van der Waals surface area contributed by atoms with Gasteiger partial charge in [0.1, 0.15) is 11.6 Å². The van der Waals surface area contributed by atoms with Crippen molar-refractivity contribution < 1.29 is 18.3 Å².